The normalized spacial score (nSPS) is 11.2. The van der Waals surface area contributed by atoms with Crippen LogP contribution in [0, 0.1) is 0 Å². The minimum atomic E-state index is -0.00978. The lowest BCUT2D eigenvalue weighted by molar-refractivity contribution is 0.104. The fourth-order valence-corrected chi connectivity index (χ4v) is 2.70. The number of carbonyl (C=O) groups is 1. The van der Waals surface area contributed by atoms with E-state index in [1.165, 1.54) is 5.56 Å². The number of hydrogen-bond donors (Lipinski definition) is 2. The Balaban J connectivity index is 1.74. The number of benzene rings is 3. The van der Waals surface area contributed by atoms with E-state index in [1.807, 2.05) is 84.9 Å². The molecule has 0 atom stereocenters. The van der Waals surface area contributed by atoms with Gasteiger partial charge in [0.1, 0.15) is 0 Å². The van der Waals surface area contributed by atoms with Crippen LogP contribution in [0.2, 0.25) is 0 Å². The molecule has 26 heavy (non-hydrogen) atoms. The number of ketones is 1. The van der Waals surface area contributed by atoms with Crippen molar-refractivity contribution in [2.45, 2.75) is 6.42 Å². The smallest absolute Gasteiger partial charge is 0.187 e. The zero-order chi connectivity index (χ0) is 18.2. The van der Waals surface area contributed by atoms with Crippen molar-refractivity contribution < 1.29 is 4.79 Å². The standard InChI is InChI=1S/C23H22N2O/c24-21-13-11-18(12-14-21)15-16-25-22(19-7-3-1-4-8-19)17-23(26)20-9-5-2-6-10-20/h1-14,17,25H,15-16,24H2/b22-17-. The number of carbonyl (C=O) groups excluding carboxylic acids is 1. The summed E-state index contributed by atoms with van der Waals surface area (Å²) in [6, 6.07) is 27.1. The molecule has 3 aromatic carbocycles. The molecule has 0 bridgehead atoms. The molecule has 0 heterocycles. The van der Waals surface area contributed by atoms with Crippen LogP contribution in [-0.2, 0) is 6.42 Å². The van der Waals surface area contributed by atoms with Crippen molar-refractivity contribution in [2.75, 3.05) is 12.3 Å². The summed E-state index contributed by atoms with van der Waals surface area (Å²) in [5.74, 6) is -0.00978. The molecule has 3 nitrogen and oxygen atoms in total. The summed E-state index contributed by atoms with van der Waals surface area (Å²) in [6.07, 6.45) is 2.53. The van der Waals surface area contributed by atoms with Crippen LogP contribution in [-0.4, -0.2) is 12.3 Å². The van der Waals surface area contributed by atoms with Gasteiger partial charge in [-0.05, 0) is 29.7 Å². The molecule has 0 fully saturated rings. The van der Waals surface area contributed by atoms with Gasteiger partial charge >= 0.3 is 0 Å². The highest BCUT2D eigenvalue weighted by Gasteiger charge is 2.07. The fraction of sp³-hybridized carbons (Fsp3) is 0.0870. The van der Waals surface area contributed by atoms with Gasteiger partial charge < -0.3 is 11.1 Å². The number of nitrogen functional groups attached to an aromatic ring is 1. The quantitative estimate of drug-likeness (QED) is 0.382. The van der Waals surface area contributed by atoms with Gasteiger partial charge in [-0.15, -0.1) is 0 Å². The highest BCUT2D eigenvalue weighted by Crippen LogP contribution is 2.14. The maximum absolute atomic E-state index is 12.6. The molecule has 0 unspecified atom stereocenters. The molecule has 0 aliphatic rings. The van der Waals surface area contributed by atoms with Gasteiger partial charge in [0.2, 0.25) is 0 Å². The monoisotopic (exact) mass is 342 g/mol. The Bertz CT molecular complexity index is 869. The summed E-state index contributed by atoms with van der Waals surface area (Å²) in [7, 11) is 0. The van der Waals surface area contributed by atoms with Crippen molar-refractivity contribution in [3.05, 3.63) is 108 Å². The second-order valence-electron chi connectivity index (χ2n) is 6.07. The van der Waals surface area contributed by atoms with E-state index in [0.717, 1.165) is 29.9 Å². The maximum Gasteiger partial charge on any atom is 0.187 e. The van der Waals surface area contributed by atoms with Crippen LogP contribution in [0.5, 0.6) is 0 Å². The average molecular weight is 342 g/mol. The Morgan fingerprint density at radius 3 is 2.00 bits per heavy atom. The molecule has 0 amide bonds. The SMILES string of the molecule is Nc1ccc(CCN/C(=C\C(=O)c2ccccc2)c2ccccc2)cc1. The number of hydrogen-bond acceptors (Lipinski definition) is 3. The number of allylic oxidation sites excluding steroid dienone is 1. The van der Waals surface area contributed by atoms with Crippen molar-refractivity contribution in [1.29, 1.82) is 0 Å². The first-order valence-electron chi connectivity index (χ1n) is 8.67. The molecule has 3 aromatic rings. The molecule has 0 spiro atoms. The Labute approximate surface area is 154 Å². The van der Waals surface area contributed by atoms with Crippen LogP contribution in [0.15, 0.2) is 91.0 Å². The van der Waals surface area contributed by atoms with Gasteiger partial charge in [-0.1, -0.05) is 72.8 Å². The van der Waals surface area contributed by atoms with E-state index < -0.39 is 0 Å². The second kappa shape index (κ2) is 8.67. The largest absolute Gasteiger partial charge is 0.399 e. The van der Waals surface area contributed by atoms with Crippen molar-refractivity contribution in [3.8, 4) is 0 Å². The van der Waals surface area contributed by atoms with Crippen LogP contribution in [0.3, 0.4) is 0 Å². The van der Waals surface area contributed by atoms with Crippen LogP contribution >= 0.6 is 0 Å². The highest BCUT2D eigenvalue weighted by molar-refractivity contribution is 6.08. The Kier molecular flexibility index (Phi) is 5.84. The third kappa shape index (κ3) is 4.84. The van der Waals surface area contributed by atoms with Gasteiger partial charge in [0.15, 0.2) is 5.78 Å². The lowest BCUT2D eigenvalue weighted by atomic mass is 10.1. The minimum absolute atomic E-state index is 0.00978. The maximum atomic E-state index is 12.6. The van der Waals surface area contributed by atoms with Crippen molar-refractivity contribution in [2.24, 2.45) is 0 Å². The van der Waals surface area contributed by atoms with Gasteiger partial charge in [-0.2, -0.15) is 0 Å². The molecule has 0 saturated carbocycles. The number of nitrogens with one attached hydrogen (secondary N) is 1. The fourth-order valence-electron chi connectivity index (χ4n) is 2.70. The molecular formula is C23H22N2O. The van der Waals surface area contributed by atoms with Crippen molar-refractivity contribution in [1.82, 2.24) is 5.32 Å². The zero-order valence-corrected chi connectivity index (χ0v) is 14.6. The molecule has 0 aromatic heterocycles. The molecule has 0 aliphatic carbocycles. The summed E-state index contributed by atoms with van der Waals surface area (Å²) in [5.41, 5.74) is 10.2. The summed E-state index contributed by atoms with van der Waals surface area (Å²) in [6.45, 7) is 0.729. The van der Waals surface area contributed by atoms with Crippen LogP contribution in [0.4, 0.5) is 5.69 Å². The first-order chi connectivity index (χ1) is 12.7. The zero-order valence-electron chi connectivity index (χ0n) is 14.6. The van der Waals surface area contributed by atoms with Crippen LogP contribution < -0.4 is 11.1 Å². The lowest BCUT2D eigenvalue weighted by Gasteiger charge is -2.12. The molecular weight excluding hydrogens is 320 g/mol. The minimum Gasteiger partial charge on any atom is -0.399 e. The number of anilines is 1. The van der Waals surface area contributed by atoms with Crippen LogP contribution in [0.1, 0.15) is 21.5 Å². The average Bonchev–Trinajstić information content (AvgIpc) is 2.70. The summed E-state index contributed by atoms with van der Waals surface area (Å²) in [5, 5.41) is 3.41. The van der Waals surface area contributed by atoms with E-state index in [1.54, 1.807) is 6.08 Å². The molecule has 3 rings (SSSR count). The summed E-state index contributed by atoms with van der Waals surface area (Å²) < 4.78 is 0. The predicted molar refractivity (Wildman–Crippen MR) is 108 cm³/mol. The van der Waals surface area contributed by atoms with Gasteiger partial charge in [-0.3, -0.25) is 4.79 Å². The lowest BCUT2D eigenvalue weighted by Crippen LogP contribution is -2.17. The van der Waals surface area contributed by atoms with Crippen molar-refractivity contribution >= 4 is 17.2 Å². The first kappa shape index (κ1) is 17.5. The molecule has 0 saturated heterocycles. The van der Waals surface area contributed by atoms with Gasteiger partial charge in [0.05, 0.1) is 0 Å². The third-order valence-corrected chi connectivity index (χ3v) is 4.13. The van der Waals surface area contributed by atoms with E-state index in [4.69, 9.17) is 5.73 Å². The van der Waals surface area contributed by atoms with Crippen molar-refractivity contribution in [3.63, 3.8) is 0 Å². The Morgan fingerprint density at radius 2 is 1.38 bits per heavy atom. The molecule has 3 N–H and O–H groups in total. The first-order valence-corrected chi connectivity index (χ1v) is 8.67. The highest BCUT2D eigenvalue weighted by atomic mass is 16.1. The molecule has 0 radical (unpaired) electrons. The second-order valence-corrected chi connectivity index (χ2v) is 6.07. The molecule has 3 heteroatoms. The topological polar surface area (TPSA) is 55.1 Å². The van der Waals surface area contributed by atoms with Gasteiger partial charge in [-0.25, -0.2) is 0 Å². The summed E-state index contributed by atoms with van der Waals surface area (Å²) in [4.78, 5) is 12.6. The van der Waals surface area contributed by atoms with E-state index in [-0.39, 0.29) is 5.78 Å². The van der Waals surface area contributed by atoms with Gasteiger partial charge in [0, 0.05) is 29.6 Å². The van der Waals surface area contributed by atoms with E-state index in [9.17, 15) is 4.79 Å². The van der Waals surface area contributed by atoms with E-state index in [2.05, 4.69) is 5.32 Å². The molecule has 0 aliphatic heterocycles. The summed E-state index contributed by atoms with van der Waals surface area (Å²) >= 11 is 0. The van der Waals surface area contributed by atoms with E-state index in [0.29, 0.717) is 5.56 Å². The molecule has 130 valence electrons. The Morgan fingerprint density at radius 1 is 0.808 bits per heavy atom. The van der Waals surface area contributed by atoms with Gasteiger partial charge in [0.25, 0.3) is 0 Å². The Hall–Kier alpha value is -3.33. The van der Waals surface area contributed by atoms with Crippen LogP contribution in [0.25, 0.3) is 5.70 Å². The predicted octanol–water partition coefficient (Wildman–Crippen LogP) is 4.32. The number of rotatable bonds is 7. The number of nitrogens with two attached hydrogens (primary N) is 1. The third-order valence-electron chi connectivity index (χ3n) is 4.13. The van der Waals surface area contributed by atoms with E-state index >= 15 is 0 Å².